The van der Waals surface area contributed by atoms with E-state index in [2.05, 4.69) is 0 Å². The van der Waals surface area contributed by atoms with E-state index in [1.54, 1.807) is 24.4 Å². The van der Waals surface area contributed by atoms with Gasteiger partial charge in [0.2, 0.25) is 0 Å². The molecule has 28 heavy (non-hydrogen) atoms. The van der Waals surface area contributed by atoms with Gasteiger partial charge in [0.15, 0.2) is 5.78 Å². The van der Waals surface area contributed by atoms with Crippen LogP contribution in [0, 0.1) is 0 Å². The summed E-state index contributed by atoms with van der Waals surface area (Å²) in [5.74, 6) is -0.810. The molecule has 0 N–H and O–H groups in total. The van der Waals surface area contributed by atoms with E-state index in [-0.39, 0.29) is 25.4 Å². The number of benzene rings is 2. The predicted molar refractivity (Wildman–Crippen MR) is 104 cm³/mol. The average molecular weight is 400 g/mol. The van der Waals surface area contributed by atoms with Crippen molar-refractivity contribution in [2.75, 3.05) is 6.61 Å². The van der Waals surface area contributed by atoms with E-state index in [1.807, 2.05) is 30.3 Å². The van der Waals surface area contributed by atoms with E-state index in [0.717, 1.165) is 5.56 Å². The molecule has 3 aromatic rings. The van der Waals surface area contributed by atoms with Crippen LogP contribution in [0.4, 0.5) is 4.79 Å². The van der Waals surface area contributed by atoms with E-state index < -0.39 is 12.1 Å². The largest absolute Gasteiger partial charge is 0.458 e. The molecule has 7 heteroatoms. The molecule has 0 aliphatic rings. The summed E-state index contributed by atoms with van der Waals surface area (Å²) in [7, 11) is 0. The molecule has 0 aliphatic carbocycles. The van der Waals surface area contributed by atoms with Crippen LogP contribution in [0.2, 0.25) is 5.02 Å². The van der Waals surface area contributed by atoms with E-state index >= 15 is 0 Å². The molecule has 0 saturated heterocycles. The Bertz CT molecular complexity index is 1030. The van der Waals surface area contributed by atoms with E-state index in [9.17, 15) is 14.4 Å². The number of ketones is 1. The van der Waals surface area contributed by atoms with Crippen LogP contribution in [0.15, 0.2) is 54.7 Å². The molecule has 1 aromatic heterocycles. The second-order valence-electron chi connectivity index (χ2n) is 6.22. The van der Waals surface area contributed by atoms with Crippen LogP contribution in [0.1, 0.15) is 18.1 Å². The van der Waals surface area contributed by atoms with Crippen LogP contribution in [0.25, 0.3) is 10.9 Å². The highest BCUT2D eigenvalue weighted by Gasteiger charge is 2.17. The van der Waals surface area contributed by atoms with Crippen molar-refractivity contribution in [3.05, 3.63) is 70.9 Å². The summed E-state index contributed by atoms with van der Waals surface area (Å²) in [5.41, 5.74) is 2.05. The van der Waals surface area contributed by atoms with E-state index in [1.165, 1.54) is 11.5 Å². The molecular formula is C21H18ClNO5. The Balaban J connectivity index is 1.83. The fourth-order valence-electron chi connectivity index (χ4n) is 2.80. The van der Waals surface area contributed by atoms with Crippen molar-refractivity contribution < 1.29 is 23.9 Å². The first-order chi connectivity index (χ1) is 13.4. The molecule has 0 aliphatic heterocycles. The Labute approximate surface area is 166 Å². The van der Waals surface area contributed by atoms with Gasteiger partial charge in [0.25, 0.3) is 0 Å². The molecule has 2 aromatic carbocycles. The zero-order chi connectivity index (χ0) is 20.1. The highest BCUT2D eigenvalue weighted by atomic mass is 35.5. The van der Waals surface area contributed by atoms with Crippen LogP contribution in [-0.4, -0.2) is 29.0 Å². The Kier molecular flexibility index (Phi) is 6.11. The summed E-state index contributed by atoms with van der Waals surface area (Å²) in [6.07, 6.45) is 0.998. The first-order valence-electron chi connectivity index (χ1n) is 8.59. The summed E-state index contributed by atoms with van der Waals surface area (Å²) >= 11 is 6.08. The Morgan fingerprint density at radius 1 is 1.04 bits per heavy atom. The minimum atomic E-state index is -0.560. The van der Waals surface area contributed by atoms with Gasteiger partial charge in [-0.25, -0.2) is 4.79 Å². The van der Waals surface area contributed by atoms with Gasteiger partial charge in [-0.15, -0.1) is 0 Å². The van der Waals surface area contributed by atoms with E-state index in [4.69, 9.17) is 21.1 Å². The number of carbonyl (C=O) groups excluding carboxylic acids is 3. The molecule has 3 rings (SSSR count). The van der Waals surface area contributed by atoms with Gasteiger partial charge >= 0.3 is 12.1 Å². The molecule has 0 atom stereocenters. The third-order valence-electron chi connectivity index (χ3n) is 4.07. The molecule has 144 valence electrons. The SMILES string of the molecule is CC(=O)OCC(=O)Cc1cn(C(=O)OCc2ccccc2)c2ccc(Cl)cc12. The van der Waals surface area contributed by atoms with Crippen LogP contribution in [0.5, 0.6) is 0 Å². The van der Waals surface area contributed by atoms with Gasteiger partial charge in [-0.1, -0.05) is 41.9 Å². The third-order valence-corrected chi connectivity index (χ3v) is 4.31. The van der Waals surface area contributed by atoms with Crippen molar-refractivity contribution in [1.29, 1.82) is 0 Å². The van der Waals surface area contributed by atoms with Gasteiger partial charge in [0.1, 0.15) is 13.2 Å². The number of halogens is 1. The molecule has 1 heterocycles. The third kappa shape index (κ3) is 4.78. The molecule has 0 spiro atoms. The maximum atomic E-state index is 12.6. The number of ether oxygens (including phenoxy) is 2. The highest BCUT2D eigenvalue weighted by Crippen LogP contribution is 2.26. The zero-order valence-electron chi connectivity index (χ0n) is 15.2. The number of esters is 1. The number of nitrogens with zero attached hydrogens (tertiary/aromatic N) is 1. The summed E-state index contributed by atoms with van der Waals surface area (Å²) in [5, 5.41) is 1.15. The molecular weight excluding hydrogens is 382 g/mol. The Hall–Kier alpha value is -3.12. The van der Waals surface area contributed by atoms with Gasteiger partial charge < -0.3 is 9.47 Å². The van der Waals surface area contributed by atoms with Crippen molar-refractivity contribution >= 4 is 40.3 Å². The first-order valence-corrected chi connectivity index (χ1v) is 8.97. The van der Waals surface area contributed by atoms with Crippen LogP contribution in [-0.2, 0) is 32.1 Å². The summed E-state index contributed by atoms with van der Waals surface area (Å²) in [6.45, 7) is 1.05. The van der Waals surface area contributed by atoms with Gasteiger partial charge in [-0.2, -0.15) is 0 Å². The lowest BCUT2D eigenvalue weighted by atomic mass is 10.1. The molecule has 0 fully saturated rings. The first kappa shape index (κ1) is 19.6. The smallest absolute Gasteiger partial charge is 0.418 e. The van der Waals surface area contributed by atoms with Gasteiger partial charge in [0, 0.05) is 30.0 Å². The number of aromatic nitrogens is 1. The molecule has 0 bridgehead atoms. The number of carbonyl (C=O) groups is 3. The molecule has 0 radical (unpaired) electrons. The van der Waals surface area contributed by atoms with Crippen LogP contribution < -0.4 is 0 Å². The monoisotopic (exact) mass is 399 g/mol. The zero-order valence-corrected chi connectivity index (χ0v) is 15.9. The van der Waals surface area contributed by atoms with Crippen molar-refractivity contribution in [1.82, 2.24) is 4.57 Å². The van der Waals surface area contributed by atoms with Gasteiger partial charge in [-0.3, -0.25) is 14.2 Å². The number of hydrogen-bond donors (Lipinski definition) is 0. The maximum Gasteiger partial charge on any atom is 0.418 e. The van der Waals surface area contributed by atoms with Gasteiger partial charge in [0.05, 0.1) is 5.52 Å². The predicted octanol–water partition coefficient (Wildman–Crippen LogP) is 4.15. The molecule has 6 nitrogen and oxygen atoms in total. The van der Waals surface area contributed by atoms with Crippen molar-refractivity contribution in [3.63, 3.8) is 0 Å². The Morgan fingerprint density at radius 2 is 1.79 bits per heavy atom. The van der Waals surface area contributed by atoms with Crippen molar-refractivity contribution in [3.8, 4) is 0 Å². The number of hydrogen-bond acceptors (Lipinski definition) is 5. The van der Waals surface area contributed by atoms with E-state index in [0.29, 0.717) is 21.5 Å². The second-order valence-corrected chi connectivity index (χ2v) is 6.66. The molecule has 0 amide bonds. The lowest BCUT2D eigenvalue weighted by Gasteiger charge is -2.06. The number of Topliss-reactive ketones (excluding diaryl/α,β-unsaturated/α-hetero) is 1. The molecule has 0 unspecified atom stereocenters. The minimum absolute atomic E-state index is 0.00306. The summed E-state index contributed by atoms with van der Waals surface area (Å²) in [6, 6.07) is 14.4. The fourth-order valence-corrected chi connectivity index (χ4v) is 2.97. The van der Waals surface area contributed by atoms with Crippen molar-refractivity contribution in [2.24, 2.45) is 0 Å². The standard InChI is InChI=1S/C21H18ClNO5/c1-14(24)27-13-18(25)9-16-11-23(20-8-7-17(22)10-19(16)20)21(26)28-12-15-5-3-2-4-6-15/h2-8,10-11H,9,12-13H2,1H3. The quantitative estimate of drug-likeness (QED) is 0.582. The Morgan fingerprint density at radius 3 is 2.50 bits per heavy atom. The maximum absolute atomic E-state index is 12.6. The van der Waals surface area contributed by atoms with Crippen molar-refractivity contribution in [2.45, 2.75) is 20.0 Å². The fraction of sp³-hybridized carbons (Fsp3) is 0.190. The second kappa shape index (κ2) is 8.71. The normalized spacial score (nSPS) is 10.6. The van der Waals surface area contributed by atoms with Gasteiger partial charge in [-0.05, 0) is 29.3 Å². The topological polar surface area (TPSA) is 74.6 Å². The highest BCUT2D eigenvalue weighted by molar-refractivity contribution is 6.31. The lowest BCUT2D eigenvalue weighted by Crippen LogP contribution is -2.14. The average Bonchev–Trinajstić information content (AvgIpc) is 3.03. The lowest BCUT2D eigenvalue weighted by molar-refractivity contribution is -0.145. The minimum Gasteiger partial charge on any atom is -0.458 e. The number of rotatable bonds is 6. The molecule has 0 saturated carbocycles. The van der Waals surface area contributed by atoms with Crippen LogP contribution in [0.3, 0.4) is 0 Å². The number of fused-ring (bicyclic) bond motifs is 1. The summed E-state index contributed by atoms with van der Waals surface area (Å²) in [4.78, 5) is 35.6. The van der Waals surface area contributed by atoms with Crippen LogP contribution >= 0.6 is 11.6 Å². The summed E-state index contributed by atoms with van der Waals surface area (Å²) < 4.78 is 11.5.